The third-order valence-electron chi connectivity index (χ3n) is 16.5. The first kappa shape index (κ1) is 73.0. The van der Waals surface area contributed by atoms with Gasteiger partial charge in [0.1, 0.15) is 12.2 Å². The third kappa shape index (κ3) is 55.8. The molecule has 4 atom stereocenters. The number of aliphatic hydroxyl groups is 4. The average molecular weight is 1050 g/mol. The molecule has 0 aromatic carbocycles. The van der Waals surface area contributed by atoms with Crippen LogP contribution in [0.15, 0.2) is 12.2 Å². The summed E-state index contributed by atoms with van der Waals surface area (Å²) >= 11 is 0. The predicted octanol–water partition coefficient (Wildman–Crippen LogP) is 20.8. The van der Waals surface area contributed by atoms with Crippen LogP contribution in [0.3, 0.4) is 0 Å². The first-order valence-electron chi connectivity index (χ1n) is 34.1. The lowest BCUT2D eigenvalue weighted by Crippen LogP contribution is -2.53. The molecule has 0 aliphatic rings. The van der Waals surface area contributed by atoms with Crippen LogP contribution in [0, 0.1) is 0 Å². The summed E-state index contributed by atoms with van der Waals surface area (Å²) in [4.78, 5) is 12.6. The maximum Gasteiger partial charge on any atom is 0.249 e. The highest BCUT2D eigenvalue weighted by molar-refractivity contribution is 5.80. The number of allylic oxidation sites excluding steroid dienone is 2. The van der Waals surface area contributed by atoms with Crippen LogP contribution in [0.1, 0.15) is 386 Å². The van der Waals surface area contributed by atoms with Gasteiger partial charge in [0, 0.05) is 0 Å². The second-order valence-corrected chi connectivity index (χ2v) is 23.9. The van der Waals surface area contributed by atoms with Gasteiger partial charge in [-0.3, -0.25) is 4.79 Å². The number of carbonyl (C=O) groups is 1. The van der Waals surface area contributed by atoms with Gasteiger partial charge in [0.05, 0.1) is 18.8 Å². The summed E-state index contributed by atoms with van der Waals surface area (Å²) in [5, 5.41) is 44.2. The van der Waals surface area contributed by atoms with Crippen LogP contribution in [0.2, 0.25) is 0 Å². The molecular weight excluding hydrogens is 911 g/mol. The van der Waals surface area contributed by atoms with Gasteiger partial charge < -0.3 is 25.7 Å². The summed E-state index contributed by atoms with van der Waals surface area (Å²) in [7, 11) is 0. The number of nitrogens with one attached hydrogen (secondary N) is 1. The van der Waals surface area contributed by atoms with E-state index in [1.165, 1.54) is 321 Å². The molecule has 0 aromatic rings. The topological polar surface area (TPSA) is 110 Å². The summed E-state index contributed by atoms with van der Waals surface area (Å²) < 4.78 is 0. The Morgan fingerprint density at radius 1 is 0.324 bits per heavy atom. The minimum atomic E-state index is -1.28. The molecule has 0 radical (unpaired) electrons. The van der Waals surface area contributed by atoms with Gasteiger partial charge in [0.15, 0.2) is 0 Å². The minimum absolute atomic E-state index is 0.369. The summed E-state index contributed by atoms with van der Waals surface area (Å²) in [6.45, 7) is 4.10. The third-order valence-corrected chi connectivity index (χ3v) is 16.5. The van der Waals surface area contributed by atoms with Crippen molar-refractivity contribution in [3.8, 4) is 0 Å². The summed E-state index contributed by atoms with van der Waals surface area (Å²) in [5.41, 5.74) is 0. The highest BCUT2D eigenvalue weighted by Gasteiger charge is 2.28. The van der Waals surface area contributed by atoms with Crippen LogP contribution >= 0.6 is 0 Å². The van der Waals surface area contributed by atoms with Crippen molar-refractivity contribution in [2.75, 3.05) is 6.61 Å². The Morgan fingerprint density at radius 3 is 0.811 bits per heavy atom. The zero-order valence-electron chi connectivity index (χ0n) is 50.4. The van der Waals surface area contributed by atoms with Crippen molar-refractivity contribution in [3.63, 3.8) is 0 Å². The van der Waals surface area contributed by atoms with E-state index in [4.69, 9.17) is 0 Å². The molecule has 0 aromatic heterocycles. The van der Waals surface area contributed by atoms with Gasteiger partial charge in [0.2, 0.25) is 5.91 Å². The first-order valence-corrected chi connectivity index (χ1v) is 34.1. The van der Waals surface area contributed by atoms with Gasteiger partial charge in [-0.2, -0.15) is 0 Å². The van der Waals surface area contributed by atoms with Crippen LogP contribution in [0.25, 0.3) is 0 Å². The van der Waals surface area contributed by atoms with Crippen LogP contribution in [-0.2, 0) is 4.79 Å². The van der Waals surface area contributed by atoms with Gasteiger partial charge >= 0.3 is 0 Å². The zero-order valence-corrected chi connectivity index (χ0v) is 50.4. The molecule has 442 valence electrons. The average Bonchev–Trinajstić information content (AvgIpc) is 3.41. The number of hydrogen-bond acceptors (Lipinski definition) is 5. The van der Waals surface area contributed by atoms with E-state index in [1.807, 2.05) is 0 Å². The van der Waals surface area contributed by atoms with Crippen molar-refractivity contribution < 1.29 is 25.2 Å². The smallest absolute Gasteiger partial charge is 0.249 e. The van der Waals surface area contributed by atoms with Crippen molar-refractivity contribution in [1.82, 2.24) is 5.32 Å². The highest BCUT2D eigenvalue weighted by Crippen LogP contribution is 2.20. The van der Waals surface area contributed by atoms with E-state index in [9.17, 15) is 25.2 Å². The molecule has 0 saturated heterocycles. The van der Waals surface area contributed by atoms with Crippen molar-refractivity contribution in [3.05, 3.63) is 12.2 Å². The maximum absolute atomic E-state index is 12.6. The molecule has 0 heterocycles. The molecule has 0 spiro atoms. The molecule has 6 heteroatoms. The number of hydrogen-bond donors (Lipinski definition) is 5. The van der Waals surface area contributed by atoms with Crippen LogP contribution in [-0.4, -0.2) is 57.3 Å². The molecule has 4 unspecified atom stereocenters. The van der Waals surface area contributed by atoms with Crippen LogP contribution in [0.4, 0.5) is 0 Å². The Morgan fingerprint density at radius 2 is 0.554 bits per heavy atom. The molecule has 0 rings (SSSR count). The van der Waals surface area contributed by atoms with Crippen molar-refractivity contribution in [1.29, 1.82) is 0 Å². The number of amides is 1. The van der Waals surface area contributed by atoms with E-state index in [0.717, 1.165) is 38.5 Å². The molecule has 0 aliphatic carbocycles. The predicted molar refractivity (Wildman–Crippen MR) is 325 cm³/mol. The van der Waals surface area contributed by atoms with Gasteiger partial charge in [-0.15, -0.1) is 0 Å². The van der Waals surface area contributed by atoms with Gasteiger partial charge in [-0.05, 0) is 38.5 Å². The largest absolute Gasteiger partial charge is 0.394 e. The standard InChI is InChI=1S/C68H135NO5/c1-3-5-7-9-11-13-15-17-19-21-23-25-27-29-30-31-32-33-34-35-36-37-38-40-42-44-46-48-50-52-54-56-58-60-62-66(72)68(74)69-64(63-70)67(73)65(71)61-59-57-55-53-51-49-47-45-43-41-39-28-26-24-22-20-18-16-14-12-10-8-6-4-2/h53,55,64-67,70-73H,3-52,54,56-63H2,1-2H3,(H,69,74)/b55-53+. The van der Waals surface area contributed by atoms with E-state index in [-0.39, 0.29) is 0 Å². The molecular formula is C68H135NO5. The van der Waals surface area contributed by atoms with E-state index in [2.05, 4.69) is 31.3 Å². The van der Waals surface area contributed by atoms with Gasteiger partial charge in [-0.25, -0.2) is 0 Å². The lowest BCUT2D eigenvalue weighted by molar-refractivity contribution is -0.132. The maximum atomic E-state index is 12.6. The Hall–Kier alpha value is -0.950. The van der Waals surface area contributed by atoms with E-state index >= 15 is 0 Å². The second kappa shape index (κ2) is 62.9. The van der Waals surface area contributed by atoms with Crippen molar-refractivity contribution in [2.24, 2.45) is 0 Å². The Labute approximate surface area is 463 Å². The Kier molecular flexibility index (Phi) is 62.1. The van der Waals surface area contributed by atoms with Crippen LogP contribution in [0.5, 0.6) is 0 Å². The quantitative estimate of drug-likeness (QED) is 0.0308. The fourth-order valence-electron chi connectivity index (χ4n) is 11.2. The number of carbonyl (C=O) groups excluding carboxylic acids is 1. The molecule has 6 nitrogen and oxygen atoms in total. The summed E-state index contributed by atoms with van der Waals surface area (Å²) in [6.07, 6.45) is 77.7. The normalized spacial score (nSPS) is 13.5. The summed E-state index contributed by atoms with van der Waals surface area (Å²) in [5.74, 6) is -0.584. The zero-order chi connectivity index (χ0) is 53.7. The Bertz CT molecular complexity index is 1080. The van der Waals surface area contributed by atoms with Gasteiger partial charge in [0.25, 0.3) is 0 Å². The Balaban J connectivity index is 3.53. The fraction of sp³-hybridized carbons (Fsp3) is 0.956. The second-order valence-electron chi connectivity index (χ2n) is 23.9. The molecule has 0 bridgehead atoms. The molecule has 0 saturated carbocycles. The highest BCUT2D eigenvalue weighted by atomic mass is 16.3. The minimum Gasteiger partial charge on any atom is -0.394 e. The first-order chi connectivity index (χ1) is 36.5. The molecule has 1 amide bonds. The monoisotopic (exact) mass is 1050 g/mol. The van der Waals surface area contributed by atoms with Gasteiger partial charge in [-0.1, -0.05) is 360 Å². The van der Waals surface area contributed by atoms with E-state index < -0.39 is 36.9 Å². The fourth-order valence-corrected chi connectivity index (χ4v) is 11.2. The van der Waals surface area contributed by atoms with E-state index in [1.54, 1.807) is 0 Å². The molecule has 5 N–H and O–H groups in total. The number of unbranched alkanes of at least 4 members (excludes halogenated alkanes) is 53. The molecule has 0 aliphatic heterocycles. The molecule has 74 heavy (non-hydrogen) atoms. The SMILES string of the molecule is CCCCCCCCCCCCCCCCCCCCC/C=C/CCCC(O)C(O)C(CO)NC(=O)C(O)CCCCCCCCCCCCCCCCCCCCCCCCCCCCCCCCCCCC. The number of aliphatic hydroxyl groups excluding tert-OH is 4. The van der Waals surface area contributed by atoms with Crippen molar-refractivity contribution in [2.45, 2.75) is 411 Å². The lowest BCUT2D eigenvalue weighted by atomic mass is 10.00. The van der Waals surface area contributed by atoms with E-state index in [0.29, 0.717) is 12.8 Å². The molecule has 0 fully saturated rings. The summed E-state index contributed by atoms with van der Waals surface area (Å²) in [6, 6.07) is -1.000. The van der Waals surface area contributed by atoms with Crippen LogP contribution < -0.4 is 5.32 Å². The number of rotatable bonds is 64. The van der Waals surface area contributed by atoms with Crippen molar-refractivity contribution >= 4 is 5.91 Å². The lowest BCUT2D eigenvalue weighted by Gasteiger charge is -2.27.